The summed E-state index contributed by atoms with van der Waals surface area (Å²) in [5.41, 5.74) is 0.883. The maximum absolute atomic E-state index is 13.0. The highest BCUT2D eigenvalue weighted by atomic mass is 19.1. The van der Waals surface area contributed by atoms with Gasteiger partial charge in [-0.15, -0.1) is 0 Å². The third kappa shape index (κ3) is 1.34. The van der Waals surface area contributed by atoms with Gasteiger partial charge in [0.25, 0.3) is 0 Å². The monoisotopic (exact) mass is 194 g/mol. The van der Waals surface area contributed by atoms with Gasteiger partial charge in [0.15, 0.2) is 0 Å². The number of hydrogen-bond acceptors (Lipinski definition) is 1. The lowest BCUT2D eigenvalue weighted by Crippen LogP contribution is -2.47. The first-order valence-electron chi connectivity index (χ1n) is 4.95. The lowest BCUT2D eigenvalue weighted by Gasteiger charge is -2.49. The fraction of sp³-hybridized carbons (Fsp3) is 0.500. The zero-order chi connectivity index (χ0) is 10.3. The third-order valence-corrected chi connectivity index (χ3v) is 3.47. The van der Waals surface area contributed by atoms with Gasteiger partial charge in [0.2, 0.25) is 0 Å². The summed E-state index contributed by atoms with van der Waals surface area (Å²) in [5.74, 6) is 0.0906. The summed E-state index contributed by atoms with van der Waals surface area (Å²) in [4.78, 5) is 0. The summed E-state index contributed by atoms with van der Waals surface area (Å²) < 4.78 is 13.0. The van der Waals surface area contributed by atoms with E-state index in [9.17, 15) is 9.50 Å². The van der Waals surface area contributed by atoms with E-state index in [0.29, 0.717) is 0 Å². The van der Waals surface area contributed by atoms with Crippen LogP contribution in [0.25, 0.3) is 0 Å². The summed E-state index contributed by atoms with van der Waals surface area (Å²) >= 11 is 0. The molecule has 76 valence electrons. The van der Waals surface area contributed by atoms with Crippen LogP contribution in [-0.4, -0.2) is 11.2 Å². The van der Waals surface area contributed by atoms with Crippen molar-refractivity contribution < 1.29 is 9.50 Å². The highest BCUT2D eigenvalue weighted by Crippen LogP contribution is 2.52. The van der Waals surface area contributed by atoms with E-state index in [4.69, 9.17) is 0 Å². The zero-order valence-corrected chi connectivity index (χ0v) is 8.50. The van der Waals surface area contributed by atoms with E-state index in [0.717, 1.165) is 12.0 Å². The van der Waals surface area contributed by atoms with Crippen molar-refractivity contribution in [3.8, 4) is 0 Å². The summed E-state index contributed by atoms with van der Waals surface area (Å²) in [6.07, 6.45) is 0.493. The molecule has 0 heterocycles. The number of halogens is 1. The maximum atomic E-state index is 13.0. The van der Waals surface area contributed by atoms with E-state index < -0.39 is 0 Å². The molecule has 1 aliphatic carbocycles. The first kappa shape index (κ1) is 9.66. The Morgan fingerprint density at radius 2 is 2.14 bits per heavy atom. The van der Waals surface area contributed by atoms with Crippen molar-refractivity contribution in [3.05, 3.63) is 35.6 Å². The molecular weight excluding hydrogens is 179 g/mol. The Hall–Kier alpha value is -0.890. The second kappa shape index (κ2) is 3.06. The van der Waals surface area contributed by atoms with Crippen molar-refractivity contribution in [1.29, 1.82) is 0 Å². The molecule has 0 bridgehead atoms. The molecule has 2 unspecified atom stereocenters. The molecule has 0 amide bonds. The van der Waals surface area contributed by atoms with Gasteiger partial charge in [0, 0.05) is 0 Å². The van der Waals surface area contributed by atoms with Gasteiger partial charge in [-0.3, -0.25) is 0 Å². The van der Waals surface area contributed by atoms with Crippen molar-refractivity contribution >= 4 is 0 Å². The Morgan fingerprint density at radius 3 is 2.64 bits per heavy atom. The molecule has 14 heavy (non-hydrogen) atoms. The predicted octanol–water partition coefficient (Wildman–Crippen LogP) is 2.70. The van der Waals surface area contributed by atoms with Crippen LogP contribution in [0.3, 0.4) is 0 Å². The van der Waals surface area contributed by atoms with Crippen LogP contribution < -0.4 is 0 Å². The van der Waals surface area contributed by atoms with Crippen LogP contribution in [0, 0.1) is 11.2 Å². The fourth-order valence-corrected chi connectivity index (χ4v) is 2.19. The Morgan fingerprint density at radius 1 is 1.43 bits per heavy atom. The largest absolute Gasteiger partial charge is 0.393 e. The minimum atomic E-state index is -0.254. The molecule has 2 atom stereocenters. The van der Waals surface area contributed by atoms with Crippen molar-refractivity contribution in [3.63, 3.8) is 0 Å². The summed E-state index contributed by atoms with van der Waals surface area (Å²) in [6.45, 7) is 4.05. The topological polar surface area (TPSA) is 20.2 Å². The Labute approximate surface area is 83.6 Å². The Bertz CT molecular complexity index is 346. The molecule has 1 nitrogen and oxygen atoms in total. The molecule has 2 heteroatoms. The smallest absolute Gasteiger partial charge is 0.123 e. The van der Waals surface area contributed by atoms with Gasteiger partial charge in [-0.2, -0.15) is 0 Å². The lowest BCUT2D eigenvalue weighted by atomic mass is 9.58. The molecule has 1 N–H and O–H groups in total. The van der Waals surface area contributed by atoms with Gasteiger partial charge in [-0.05, 0) is 35.4 Å². The number of benzene rings is 1. The predicted molar refractivity (Wildman–Crippen MR) is 53.5 cm³/mol. The standard InChI is InChI=1S/C12H15FO/c1-12(2)10(7-11(12)14)8-4-3-5-9(13)6-8/h3-6,10-11,14H,7H2,1-2H3. The van der Waals surface area contributed by atoms with Gasteiger partial charge in [-0.1, -0.05) is 26.0 Å². The number of aliphatic hydroxyl groups excluding tert-OH is 1. The number of rotatable bonds is 1. The van der Waals surface area contributed by atoms with E-state index in [2.05, 4.69) is 0 Å². The highest BCUT2D eigenvalue weighted by Gasteiger charge is 2.47. The highest BCUT2D eigenvalue weighted by molar-refractivity contribution is 5.27. The van der Waals surface area contributed by atoms with Crippen molar-refractivity contribution in [2.75, 3.05) is 0 Å². The van der Waals surface area contributed by atoms with E-state index in [1.807, 2.05) is 19.9 Å². The first-order chi connectivity index (χ1) is 6.51. The quantitative estimate of drug-likeness (QED) is 0.728. The molecule has 1 fully saturated rings. The summed E-state index contributed by atoms with van der Waals surface area (Å²) in [5, 5.41) is 9.58. The Kier molecular flexibility index (Phi) is 2.11. The Balaban J connectivity index is 2.26. The minimum absolute atomic E-state index is 0.117. The van der Waals surface area contributed by atoms with Crippen molar-refractivity contribution in [1.82, 2.24) is 0 Å². The van der Waals surface area contributed by atoms with Crippen molar-refractivity contribution in [2.24, 2.45) is 5.41 Å². The van der Waals surface area contributed by atoms with Crippen LogP contribution in [0.5, 0.6) is 0 Å². The molecule has 1 aromatic rings. The van der Waals surface area contributed by atoms with Gasteiger partial charge in [0.05, 0.1) is 6.10 Å². The molecule has 1 saturated carbocycles. The van der Waals surface area contributed by atoms with Crippen molar-refractivity contribution in [2.45, 2.75) is 32.3 Å². The van der Waals surface area contributed by atoms with Crippen LogP contribution in [0.1, 0.15) is 31.7 Å². The van der Waals surface area contributed by atoms with Crippen LogP contribution in [-0.2, 0) is 0 Å². The van der Waals surface area contributed by atoms with E-state index in [-0.39, 0.29) is 23.3 Å². The molecule has 0 aliphatic heterocycles. The van der Waals surface area contributed by atoms with Gasteiger partial charge < -0.3 is 5.11 Å². The SMILES string of the molecule is CC1(C)C(O)CC1c1cccc(F)c1. The maximum Gasteiger partial charge on any atom is 0.123 e. The first-order valence-corrected chi connectivity index (χ1v) is 4.95. The number of aliphatic hydroxyl groups is 1. The second-order valence-corrected chi connectivity index (χ2v) is 4.68. The van der Waals surface area contributed by atoms with Gasteiger partial charge >= 0.3 is 0 Å². The molecule has 1 aromatic carbocycles. The third-order valence-electron chi connectivity index (χ3n) is 3.47. The fourth-order valence-electron chi connectivity index (χ4n) is 2.19. The van der Waals surface area contributed by atoms with Gasteiger partial charge in [-0.25, -0.2) is 4.39 Å². The van der Waals surface area contributed by atoms with Gasteiger partial charge in [0.1, 0.15) is 5.82 Å². The molecule has 2 rings (SSSR count). The molecule has 1 aliphatic rings. The van der Waals surface area contributed by atoms with E-state index >= 15 is 0 Å². The van der Waals surface area contributed by atoms with E-state index in [1.54, 1.807) is 12.1 Å². The minimum Gasteiger partial charge on any atom is -0.393 e. The molecular formula is C12H15FO. The van der Waals surface area contributed by atoms with Crippen LogP contribution in [0.2, 0.25) is 0 Å². The van der Waals surface area contributed by atoms with Crippen LogP contribution in [0.4, 0.5) is 4.39 Å². The van der Waals surface area contributed by atoms with E-state index in [1.165, 1.54) is 6.07 Å². The van der Waals surface area contributed by atoms with Crippen LogP contribution >= 0.6 is 0 Å². The summed E-state index contributed by atoms with van der Waals surface area (Å²) in [6, 6.07) is 6.68. The molecule has 0 spiro atoms. The summed E-state index contributed by atoms with van der Waals surface area (Å²) in [7, 11) is 0. The normalized spacial score (nSPS) is 29.7. The molecule has 0 saturated heterocycles. The lowest BCUT2D eigenvalue weighted by molar-refractivity contribution is -0.0626. The molecule has 0 aromatic heterocycles. The van der Waals surface area contributed by atoms with Crippen LogP contribution in [0.15, 0.2) is 24.3 Å². The zero-order valence-electron chi connectivity index (χ0n) is 8.50. The second-order valence-electron chi connectivity index (χ2n) is 4.68. The molecule has 0 radical (unpaired) electrons. The number of hydrogen-bond donors (Lipinski definition) is 1. The average Bonchev–Trinajstić information content (AvgIpc) is 2.14. The average molecular weight is 194 g/mol.